The summed E-state index contributed by atoms with van der Waals surface area (Å²) in [6.07, 6.45) is 3.10. The first kappa shape index (κ1) is 14.1. The van der Waals surface area contributed by atoms with E-state index in [4.69, 9.17) is 9.47 Å². The molecule has 20 heavy (non-hydrogen) atoms. The number of aromatic nitrogens is 1. The summed E-state index contributed by atoms with van der Waals surface area (Å²) >= 11 is 0. The fourth-order valence-corrected chi connectivity index (χ4v) is 1.89. The molecule has 0 radical (unpaired) electrons. The quantitative estimate of drug-likeness (QED) is 0.784. The van der Waals surface area contributed by atoms with Crippen LogP contribution in [0.5, 0.6) is 11.5 Å². The van der Waals surface area contributed by atoms with Crippen molar-refractivity contribution in [3.8, 4) is 11.5 Å². The van der Waals surface area contributed by atoms with Crippen molar-refractivity contribution in [1.29, 1.82) is 0 Å². The van der Waals surface area contributed by atoms with Gasteiger partial charge in [-0.25, -0.2) is 0 Å². The van der Waals surface area contributed by atoms with Gasteiger partial charge in [0.1, 0.15) is 11.5 Å². The number of ether oxygens (including phenoxy) is 2. The van der Waals surface area contributed by atoms with E-state index < -0.39 is 0 Å². The van der Waals surface area contributed by atoms with Crippen LogP contribution in [-0.4, -0.2) is 24.0 Å². The Morgan fingerprint density at radius 1 is 1.10 bits per heavy atom. The van der Waals surface area contributed by atoms with Crippen molar-refractivity contribution in [3.63, 3.8) is 0 Å². The molecule has 1 aromatic heterocycles. The van der Waals surface area contributed by atoms with E-state index in [0.29, 0.717) is 22.6 Å². The summed E-state index contributed by atoms with van der Waals surface area (Å²) in [5.74, 6) is 0.892. The second-order valence-corrected chi connectivity index (χ2v) is 4.57. The summed E-state index contributed by atoms with van der Waals surface area (Å²) in [4.78, 5) is 16.6. The molecular formula is C16H17NO3. The number of hydrogen-bond acceptors (Lipinski definition) is 4. The predicted octanol–water partition coefficient (Wildman–Crippen LogP) is 3.11. The highest BCUT2D eigenvalue weighted by Crippen LogP contribution is 2.26. The van der Waals surface area contributed by atoms with Gasteiger partial charge in [0, 0.05) is 6.20 Å². The van der Waals surface area contributed by atoms with Crippen LogP contribution in [0.15, 0.2) is 42.7 Å². The Morgan fingerprint density at radius 2 is 1.80 bits per heavy atom. The molecule has 0 N–H and O–H groups in total. The Balaban J connectivity index is 2.43. The summed E-state index contributed by atoms with van der Waals surface area (Å²) in [5, 5.41) is 0. The normalized spacial score (nSPS) is 10.4. The van der Waals surface area contributed by atoms with Crippen molar-refractivity contribution in [2.75, 3.05) is 7.11 Å². The first-order valence-corrected chi connectivity index (χ1v) is 6.42. The fourth-order valence-electron chi connectivity index (χ4n) is 1.89. The molecule has 0 aliphatic carbocycles. The van der Waals surface area contributed by atoms with Gasteiger partial charge in [-0.15, -0.1) is 0 Å². The minimum absolute atomic E-state index is 0.00304. The van der Waals surface area contributed by atoms with Crippen LogP contribution in [0.1, 0.15) is 29.8 Å². The van der Waals surface area contributed by atoms with Crippen LogP contribution in [0.2, 0.25) is 0 Å². The first-order valence-electron chi connectivity index (χ1n) is 6.42. The standard InChI is InChI=1S/C16H17NO3/c1-11(2)20-14-7-5-4-6-12(14)16(18)13-8-9-17-10-15(13)19-3/h4-11H,1-3H3. The molecule has 0 spiro atoms. The number of rotatable bonds is 5. The predicted molar refractivity (Wildman–Crippen MR) is 76.4 cm³/mol. The van der Waals surface area contributed by atoms with Gasteiger partial charge in [-0.05, 0) is 32.0 Å². The van der Waals surface area contributed by atoms with Crippen LogP contribution in [0.25, 0.3) is 0 Å². The Labute approximate surface area is 118 Å². The molecule has 0 saturated carbocycles. The van der Waals surface area contributed by atoms with Gasteiger partial charge in [-0.2, -0.15) is 0 Å². The van der Waals surface area contributed by atoms with Crippen molar-refractivity contribution < 1.29 is 14.3 Å². The van der Waals surface area contributed by atoms with E-state index in [1.54, 1.807) is 24.4 Å². The summed E-state index contributed by atoms with van der Waals surface area (Å²) in [5.41, 5.74) is 0.994. The average molecular weight is 271 g/mol. The van der Waals surface area contributed by atoms with Crippen LogP contribution in [0.3, 0.4) is 0 Å². The number of benzene rings is 1. The highest BCUT2D eigenvalue weighted by Gasteiger charge is 2.18. The molecule has 2 rings (SSSR count). The number of para-hydroxylation sites is 1. The Kier molecular flexibility index (Phi) is 4.35. The fraction of sp³-hybridized carbons (Fsp3) is 0.250. The maximum Gasteiger partial charge on any atom is 0.200 e. The molecule has 1 aromatic carbocycles. The number of methoxy groups -OCH3 is 1. The van der Waals surface area contributed by atoms with Crippen molar-refractivity contribution in [2.45, 2.75) is 20.0 Å². The van der Waals surface area contributed by atoms with Gasteiger partial charge >= 0.3 is 0 Å². The zero-order valence-corrected chi connectivity index (χ0v) is 11.8. The van der Waals surface area contributed by atoms with Gasteiger partial charge in [0.15, 0.2) is 0 Å². The molecule has 0 bridgehead atoms. The SMILES string of the molecule is COc1cnccc1C(=O)c1ccccc1OC(C)C. The van der Waals surface area contributed by atoms with Crippen molar-refractivity contribution >= 4 is 5.78 Å². The number of carbonyl (C=O) groups is 1. The zero-order chi connectivity index (χ0) is 14.5. The molecule has 0 fully saturated rings. The summed E-state index contributed by atoms with van der Waals surface area (Å²) in [7, 11) is 1.52. The second-order valence-electron chi connectivity index (χ2n) is 4.57. The van der Waals surface area contributed by atoms with Gasteiger partial charge in [0.25, 0.3) is 0 Å². The van der Waals surface area contributed by atoms with Gasteiger partial charge < -0.3 is 9.47 Å². The molecule has 0 saturated heterocycles. The number of pyridine rings is 1. The largest absolute Gasteiger partial charge is 0.494 e. The first-order chi connectivity index (χ1) is 9.63. The third-order valence-corrected chi connectivity index (χ3v) is 2.74. The maximum atomic E-state index is 12.6. The second kappa shape index (κ2) is 6.19. The van der Waals surface area contributed by atoms with Crippen molar-refractivity contribution in [1.82, 2.24) is 4.98 Å². The summed E-state index contributed by atoms with van der Waals surface area (Å²) in [6, 6.07) is 8.85. The molecular weight excluding hydrogens is 254 g/mol. The third-order valence-electron chi connectivity index (χ3n) is 2.74. The summed E-state index contributed by atoms with van der Waals surface area (Å²) in [6.45, 7) is 3.85. The zero-order valence-electron chi connectivity index (χ0n) is 11.8. The average Bonchev–Trinajstić information content (AvgIpc) is 2.46. The van der Waals surface area contributed by atoms with Gasteiger partial charge in [0.05, 0.1) is 30.5 Å². The number of nitrogens with zero attached hydrogens (tertiary/aromatic N) is 1. The van der Waals surface area contributed by atoms with Crippen LogP contribution < -0.4 is 9.47 Å². The third kappa shape index (κ3) is 2.96. The minimum Gasteiger partial charge on any atom is -0.494 e. The number of ketones is 1. The molecule has 2 aromatic rings. The molecule has 0 aliphatic heterocycles. The van der Waals surface area contributed by atoms with E-state index in [2.05, 4.69) is 4.98 Å². The molecule has 0 amide bonds. The lowest BCUT2D eigenvalue weighted by molar-refractivity contribution is 0.103. The molecule has 0 aliphatic rings. The Bertz CT molecular complexity index is 608. The van der Waals surface area contributed by atoms with Crippen molar-refractivity contribution in [3.05, 3.63) is 53.9 Å². The monoisotopic (exact) mass is 271 g/mol. The Morgan fingerprint density at radius 3 is 2.50 bits per heavy atom. The molecule has 4 heteroatoms. The van der Waals surface area contributed by atoms with E-state index in [9.17, 15) is 4.79 Å². The van der Waals surface area contributed by atoms with Crippen LogP contribution >= 0.6 is 0 Å². The highest BCUT2D eigenvalue weighted by atomic mass is 16.5. The topological polar surface area (TPSA) is 48.4 Å². The number of carbonyl (C=O) groups excluding carboxylic acids is 1. The van der Waals surface area contributed by atoms with Crippen LogP contribution in [0.4, 0.5) is 0 Å². The van der Waals surface area contributed by atoms with Gasteiger partial charge in [-0.1, -0.05) is 12.1 Å². The lowest BCUT2D eigenvalue weighted by atomic mass is 10.0. The lowest BCUT2D eigenvalue weighted by Crippen LogP contribution is -2.11. The van der Waals surface area contributed by atoms with Crippen LogP contribution in [-0.2, 0) is 0 Å². The minimum atomic E-state index is -0.138. The van der Waals surface area contributed by atoms with E-state index in [0.717, 1.165) is 0 Å². The van der Waals surface area contributed by atoms with E-state index in [1.807, 2.05) is 26.0 Å². The lowest BCUT2D eigenvalue weighted by Gasteiger charge is -2.14. The van der Waals surface area contributed by atoms with E-state index in [1.165, 1.54) is 13.3 Å². The molecule has 0 unspecified atom stereocenters. The van der Waals surface area contributed by atoms with E-state index >= 15 is 0 Å². The molecule has 4 nitrogen and oxygen atoms in total. The maximum absolute atomic E-state index is 12.6. The summed E-state index contributed by atoms with van der Waals surface area (Å²) < 4.78 is 10.9. The molecule has 104 valence electrons. The number of hydrogen-bond donors (Lipinski definition) is 0. The van der Waals surface area contributed by atoms with Crippen molar-refractivity contribution in [2.24, 2.45) is 0 Å². The van der Waals surface area contributed by atoms with E-state index in [-0.39, 0.29) is 11.9 Å². The highest BCUT2D eigenvalue weighted by molar-refractivity contribution is 6.12. The van der Waals surface area contributed by atoms with Crippen LogP contribution in [0, 0.1) is 0 Å². The molecule has 0 atom stereocenters. The smallest absolute Gasteiger partial charge is 0.200 e. The Hall–Kier alpha value is -2.36. The van der Waals surface area contributed by atoms with Gasteiger partial charge in [-0.3, -0.25) is 9.78 Å². The molecule has 1 heterocycles. The van der Waals surface area contributed by atoms with Gasteiger partial charge in [0.2, 0.25) is 5.78 Å².